The Hall–Kier alpha value is -2.11. The van der Waals surface area contributed by atoms with E-state index in [1.807, 2.05) is 24.7 Å². The van der Waals surface area contributed by atoms with Crippen molar-refractivity contribution in [1.29, 1.82) is 0 Å². The van der Waals surface area contributed by atoms with Gasteiger partial charge in [-0.05, 0) is 19.9 Å². The maximum Gasteiger partial charge on any atom is 0.245 e. The summed E-state index contributed by atoms with van der Waals surface area (Å²) in [7, 11) is 0. The number of aryl methyl sites for hydroxylation is 1. The summed E-state index contributed by atoms with van der Waals surface area (Å²) in [6, 6.07) is -0.0520. The Morgan fingerprint density at radius 1 is 1.57 bits per heavy atom. The highest BCUT2D eigenvalue weighted by molar-refractivity contribution is 5.87. The van der Waals surface area contributed by atoms with Gasteiger partial charge in [0.2, 0.25) is 11.8 Å². The Kier molecular flexibility index (Phi) is 4.77. The highest BCUT2D eigenvalue weighted by atomic mass is 16.2. The van der Waals surface area contributed by atoms with Crippen LogP contribution in [0, 0.1) is 5.92 Å². The second kappa shape index (κ2) is 6.56. The van der Waals surface area contributed by atoms with E-state index in [0.717, 1.165) is 12.1 Å². The topological polar surface area (TPSA) is 67.2 Å². The van der Waals surface area contributed by atoms with Crippen molar-refractivity contribution >= 4 is 11.8 Å². The number of carbonyl (C=O) groups excluding carboxylic acids is 2. The summed E-state index contributed by atoms with van der Waals surface area (Å²) < 4.78 is 1.84. The van der Waals surface area contributed by atoms with Gasteiger partial charge in [0, 0.05) is 43.7 Å². The minimum absolute atomic E-state index is 0.0162. The van der Waals surface area contributed by atoms with E-state index in [1.165, 1.54) is 6.08 Å². The van der Waals surface area contributed by atoms with Crippen molar-refractivity contribution in [1.82, 2.24) is 20.0 Å². The van der Waals surface area contributed by atoms with Crippen molar-refractivity contribution in [2.24, 2.45) is 5.92 Å². The van der Waals surface area contributed by atoms with Gasteiger partial charge >= 0.3 is 0 Å². The van der Waals surface area contributed by atoms with Crippen LogP contribution in [0.5, 0.6) is 0 Å². The standard InChI is InChI=1S/C15H22N4O2/c1-4-15(21)18-8-12(9-18)6-14(20)17-11(3)13-7-16-19(5-2)10-13/h4,7,10-12H,1,5-6,8-9H2,2-3H3,(H,17,20). The molecule has 21 heavy (non-hydrogen) atoms. The number of aromatic nitrogens is 2. The lowest BCUT2D eigenvalue weighted by atomic mass is 9.95. The van der Waals surface area contributed by atoms with Crippen LogP contribution in [0.4, 0.5) is 0 Å². The SMILES string of the molecule is C=CC(=O)N1CC(CC(=O)NC(C)c2cnn(CC)c2)C1. The zero-order valence-electron chi connectivity index (χ0n) is 12.6. The van der Waals surface area contributed by atoms with Gasteiger partial charge in [0.1, 0.15) is 0 Å². The van der Waals surface area contributed by atoms with E-state index in [4.69, 9.17) is 0 Å². The molecular weight excluding hydrogens is 268 g/mol. The minimum atomic E-state index is -0.0630. The summed E-state index contributed by atoms with van der Waals surface area (Å²) >= 11 is 0. The molecule has 6 heteroatoms. The van der Waals surface area contributed by atoms with Crippen molar-refractivity contribution in [3.05, 3.63) is 30.6 Å². The van der Waals surface area contributed by atoms with Gasteiger partial charge < -0.3 is 10.2 Å². The number of amides is 2. The van der Waals surface area contributed by atoms with E-state index in [1.54, 1.807) is 11.1 Å². The second-order valence-corrected chi connectivity index (χ2v) is 5.44. The summed E-state index contributed by atoms with van der Waals surface area (Å²) in [6.07, 6.45) is 5.48. The maximum absolute atomic E-state index is 12.0. The molecule has 0 bridgehead atoms. The molecule has 0 aromatic carbocycles. The van der Waals surface area contributed by atoms with Gasteiger partial charge in [-0.3, -0.25) is 14.3 Å². The third-order valence-electron chi connectivity index (χ3n) is 3.77. The molecule has 114 valence electrons. The van der Waals surface area contributed by atoms with Crippen molar-refractivity contribution in [2.45, 2.75) is 32.9 Å². The van der Waals surface area contributed by atoms with E-state index in [-0.39, 0.29) is 23.8 Å². The first-order chi connectivity index (χ1) is 10.0. The summed E-state index contributed by atoms with van der Waals surface area (Å²) in [5.74, 6) is 0.203. The molecule has 1 aromatic heterocycles. The highest BCUT2D eigenvalue weighted by Crippen LogP contribution is 2.20. The monoisotopic (exact) mass is 290 g/mol. The highest BCUT2D eigenvalue weighted by Gasteiger charge is 2.31. The fraction of sp³-hybridized carbons (Fsp3) is 0.533. The van der Waals surface area contributed by atoms with Gasteiger partial charge in [-0.15, -0.1) is 0 Å². The minimum Gasteiger partial charge on any atom is -0.349 e. The lowest BCUT2D eigenvalue weighted by molar-refractivity contribution is -0.135. The predicted molar refractivity (Wildman–Crippen MR) is 79.3 cm³/mol. The Labute approximate surface area is 124 Å². The number of rotatable bonds is 6. The van der Waals surface area contributed by atoms with E-state index in [9.17, 15) is 9.59 Å². The molecule has 1 unspecified atom stereocenters. The lowest BCUT2D eigenvalue weighted by Crippen LogP contribution is -2.50. The van der Waals surface area contributed by atoms with Gasteiger partial charge in [0.25, 0.3) is 0 Å². The molecule has 1 aliphatic heterocycles. The number of nitrogens with zero attached hydrogens (tertiary/aromatic N) is 3. The predicted octanol–water partition coefficient (Wildman–Crippen LogP) is 1.11. The van der Waals surface area contributed by atoms with Crippen LogP contribution in [0.15, 0.2) is 25.0 Å². The number of likely N-dealkylation sites (tertiary alicyclic amines) is 1. The number of carbonyl (C=O) groups is 2. The van der Waals surface area contributed by atoms with Gasteiger partial charge in [-0.2, -0.15) is 5.10 Å². The van der Waals surface area contributed by atoms with Crippen LogP contribution in [0.1, 0.15) is 31.9 Å². The molecule has 0 spiro atoms. The van der Waals surface area contributed by atoms with E-state index in [0.29, 0.717) is 19.5 Å². The fourth-order valence-corrected chi connectivity index (χ4v) is 2.43. The molecule has 6 nitrogen and oxygen atoms in total. The molecule has 0 aliphatic carbocycles. The molecule has 1 atom stereocenters. The third kappa shape index (κ3) is 3.71. The molecule has 2 heterocycles. The van der Waals surface area contributed by atoms with E-state index < -0.39 is 0 Å². The van der Waals surface area contributed by atoms with Crippen LogP contribution < -0.4 is 5.32 Å². The molecule has 0 radical (unpaired) electrons. The Morgan fingerprint density at radius 3 is 2.86 bits per heavy atom. The summed E-state index contributed by atoms with van der Waals surface area (Å²) in [5, 5.41) is 7.18. The van der Waals surface area contributed by atoms with Crippen LogP contribution in [-0.2, 0) is 16.1 Å². The molecular formula is C15H22N4O2. The van der Waals surface area contributed by atoms with Crippen molar-refractivity contribution in [2.75, 3.05) is 13.1 Å². The fourth-order valence-electron chi connectivity index (χ4n) is 2.43. The number of nitrogens with one attached hydrogen (secondary N) is 1. The first kappa shape index (κ1) is 15.3. The molecule has 2 amide bonds. The number of hydrogen-bond acceptors (Lipinski definition) is 3. The first-order valence-corrected chi connectivity index (χ1v) is 7.26. The largest absolute Gasteiger partial charge is 0.349 e. The summed E-state index contributed by atoms with van der Waals surface area (Å²) in [6.45, 7) is 9.52. The Morgan fingerprint density at radius 2 is 2.29 bits per heavy atom. The number of hydrogen-bond donors (Lipinski definition) is 1. The van der Waals surface area contributed by atoms with Gasteiger partial charge in [-0.25, -0.2) is 0 Å². The van der Waals surface area contributed by atoms with Crippen LogP contribution in [0.3, 0.4) is 0 Å². The molecule has 1 saturated heterocycles. The van der Waals surface area contributed by atoms with Crippen LogP contribution >= 0.6 is 0 Å². The van der Waals surface area contributed by atoms with Crippen LogP contribution in [0.25, 0.3) is 0 Å². The summed E-state index contributed by atoms with van der Waals surface area (Å²) in [5.41, 5.74) is 1.00. The quantitative estimate of drug-likeness (QED) is 0.798. The smallest absolute Gasteiger partial charge is 0.245 e. The zero-order chi connectivity index (χ0) is 15.4. The van der Waals surface area contributed by atoms with E-state index >= 15 is 0 Å². The average molecular weight is 290 g/mol. The van der Waals surface area contributed by atoms with Crippen molar-refractivity contribution < 1.29 is 9.59 Å². The van der Waals surface area contributed by atoms with Crippen molar-refractivity contribution in [3.63, 3.8) is 0 Å². The average Bonchev–Trinajstić information content (AvgIpc) is 2.90. The Balaban J connectivity index is 1.75. The zero-order valence-corrected chi connectivity index (χ0v) is 12.6. The second-order valence-electron chi connectivity index (χ2n) is 5.44. The first-order valence-electron chi connectivity index (χ1n) is 7.26. The van der Waals surface area contributed by atoms with Gasteiger partial charge in [0.15, 0.2) is 0 Å². The van der Waals surface area contributed by atoms with Gasteiger partial charge in [0.05, 0.1) is 12.2 Å². The van der Waals surface area contributed by atoms with Crippen LogP contribution in [0.2, 0.25) is 0 Å². The molecule has 0 saturated carbocycles. The maximum atomic E-state index is 12.0. The molecule has 1 aliphatic rings. The van der Waals surface area contributed by atoms with Crippen molar-refractivity contribution in [3.8, 4) is 0 Å². The molecule has 1 N–H and O–H groups in total. The lowest BCUT2D eigenvalue weighted by Gasteiger charge is -2.38. The molecule has 1 aromatic rings. The normalized spacial score (nSPS) is 16.2. The Bertz CT molecular complexity index is 532. The van der Waals surface area contributed by atoms with Gasteiger partial charge in [-0.1, -0.05) is 6.58 Å². The van der Waals surface area contributed by atoms with Crippen LogP contribution in [-0.4, -0.2) is 39.6 Å². The van der Waals surface area contributed by atoms with E-state index in [2.05, 4.69) is 17.0 Å². The molecule has 1 fully saturated rings. The molecule has 2 rings (SSSR count). The summed E-state index contributed by atoms with van der Waals surface area (Å²) in [4.78, 5) is 25.0. The third-order valence-corrected chi connectivity index (χ3v) is 3.77.